The number of aryl methyl sites for hydroxylation is 1. The molecule has 0 aliphatic carbocycles. The summed E-state index contributed by atoms with van der Waals surface area (Å²) in [5, 5.41) is 14.3. The highest BCUT2D eigenvalue weighted by Crippen LogP contribution is 2.32. The lowest BCUT2D eigenvalue weighted by molar-refractivity contribution is 0.0981. The van der Waals surface area contributed by atoms with Crippen LogP contribution in [-0.4, -0.2) is 38.7 Å². The summed E-state index contributed by atoms with van der Waals surface area (Å²) in [6.45, 7) is 11.6. The second kappa shape index (κ2) is 10.2. The van der Waals surface area contributed by atoms with Crippen molar-refractivity contribution in [1.29, 1.82) is 0 Å². The number of phenolic OH excluding ortho intramolecular Hbond substituents is 1. The van der Waals surface area contributed by atoms with Crippen molar-refractivity contribution in [2.75, 3.05) is 7.05 Å². The highest BCUT2D eigenvalue weighted by molar-refractivity contribution is 5.74. The molecule has 190 valence electrons. The molecule has 0 radical (unpaired) electrons. The van der Waals surface area contributed by atoms with Crippen LogP contribution in [0.5, 0.6) is 5.75 Å². The van der Waals surface area contributed by atoms with Crippen molar-refractivity contribution in [3.05, 3.63) is 70.4 Å². The van der Waals surface area contributed by atoms with Gasteiger partial charge < -0.3 is 31.4 Å². The van der Waals surface area contributed by atoms with E-state index >= 15 is 0 Å². The van der Waals surface area contributed by atoms with E-state index in [9.17, 15) is 9.90 Å². The zero-order chi connectivity index (χ0) is 26.0. The van der Waals surface area contributed by atoms with Gasteiger partial charge in [-0.15, -0.1) is 0 Å². The van der Waals surface area contributed by atoms with Crippen molar-refractivity contribution >= 4 is 5.70 Å². The van der Waals surface area contributed by atoms with Gasteiger partial charge >= 0.3 is 0 Å². The second-order valence-corrected chi connectivity index (χ2v) is 11.0. The number of allylic oxidation sites excluding steroid dienone is 2. The van der Waals surface area contributed by atoms with Gasteiger partial charge in [-0.3, -0.25) is 4.79 Å². The fourth-order valence-electron chi connectivity index (χ4n) is 5.20. The Labute approximate surface area is 209 Å². The number of hydrogen-bond acceptors (Lipinski definition) is 6. The molecular formula is C28H41N5O2. The summed E-state index contributed by atoms with van der Waals surface area (Å²) < 4.78 is 1.68. The fourth-order valence-corrected chi connectivity index (χ4v) is 5.20. The van der Waals surface area contributed by atoms with E-state index in [0.717, 1.165) is 30.4 Å². The fraction of sp³-hybridized carbons (Fsp3) is 0.464. The zero-order valence-corrected chi connectivity index (χ0v) is 21.9. The van der Waals surface area contributed by atoms with E-state index in [0.29, 0.717) is 29.7 Å². The number of nitrogens with zero attached hydrogens (tertiary/aromatic N) is 2. The Morgan fingerprint density at radius 1 is 1.11 bits per heavy atom. The Morgan fingerprint density at radius 3 is 2.31 bits per heavy atom. The average molecular weight is 480 g/mol. The summed E-state index contributed by atoms with van der Waals surface area (Å²) >= 11 is 0. The second-order valence-electron chi connectivity index (χ2n) is 11.0. The predicted octanol–water partition coefficient (Wildman–Crippen LogP) is 3.97. The number of nitrogens with two attached hydrogens (primary N) is 2. The van der Waals surface area contributed by atoms with Gasteiger partial charge in [0.25, 0.3) is 5.56 Å². The number of benzene rings is 1. The summed E-state index contributed by atoms with van der Waals surface area (Å²) in [6, 6.07) is 9.02. The number of aromatic nitrogens is 1. The third-order valence-electron chi connectivity index (χ3n) is 6.66. The van der Waals surface area contributed by atoms with Gasteiger partial charge in [-0.25, -0.2) is 0 Å². The Bertz CT molecular complexity index is 1160. The predicted molar refractivity (Wildman–Crippen MR) is 145 cm³/mol. The monoisotopic (exact) mass is 479 g/mol. The molecular weight excluding hydrogens is 438 g/mol. The van der Waals surface area contributed by atoms with Crippen LogP contribution < -0.4 is 22.3 Å². The van der Waals surface area contributed by atoms with Crippen LogP contribution in [-0.2, 0) is 6.54 Å². The van der Waals surface area contributed by atoms with Gasteiger partial charge in [0.1, 0.15) is 5.75 Å². The van der Waals surface area contributed by atoms with Crippen LogP contribution in [0.25, 0.3) is 16.8 Å². The Morgan fingerprint density at radius 2 is 1.74 bits per heavy atom. The zero-order valence-electron chi connectivity index (χ0n) is 21.9. The first-order chi connectivity index (χ1) is 16.3. The maximum Gasteiger partial charge on any atom is 0.251 e. The molecule has 1 fully saturated rings. The molecule has 7 nitrogen and oxygen atoms in total. The number of rotatable bonds is 7. The number of phenols is 1. The molecule has 1 aliphatic heterocycles. The molecule has 35 heavy (non-hydrogen) atoms. The van der Waals surface area contributed by atoms with Crippen molar-refractivity contribution in [2.45, 2.75) is 77.5 Å². The quantitative estimate of drug-likeness (QED) is 0.448. The molecule has 0 amide bonds. The number of pyridine rings is 1. The minimum absolute atomic E-state index is 0.0191. The van der Waals surface area contributed by atoms with E-state index in [1.54, 1.807) is 41.1 Å². The van der Waals surface area contributed by atoms with Crippen molar-refractivity contribution in [1.82, 2.24) is 14.8 Å². The van der Waals surface area contributed by atoms with E-state index < -0.39 is 0 Å². The maximum absolute atomic E-state index is 12.3. The lowest BCUT2D eigenvalue weighted by atomic mass is 9.79. The van der Waals surface area contributed by atoms with E-state index in [2.05, 4.69) is 37.9 Å². The van der Waals surface area contributed by atoms with E-state index in [4.69, 9.17) is 11.5 Å². The molecule has 1 saturated heterocycles. The molecule has 0 spiro atoms. The first kappa shape index (κ1) is 26.4. The SMILES string of the molecule is CCCn1ccc(-c2ccc(/C(N)=C/C=C(\N)N(C)C3CC(C)(C)NC(C)(C)C3)c(O)c2)cc1=O. The van der Waals surface area contributed by atoms with E-state index in [-0.39, 0.29) is 22.4 Å². The molecule has 3 rings (SSSR count). The molecule has 2 heterocycles. The minimum Gasteiger partial charge on any atom is -0.507 e. The molecule has 6 N–H and O–H groups in total. The highest BCUT2D eigenvalue weighted by atomic mass is 16.3. The molecule has 1 aromatic carbocycles. The third-order valence-corrected chi connectivity index (χ3v) is 6.66. The van der Waals surface area contributed by atoms with Crippen LogP contribution in [0.15, 0.2) is 59.3 Å². The lowest BCUT2D eigenvalue weighted by Gasteiger charge is -2.49. The number of hydrogen-bond donors (Lipinski definition) is 4. The average Bonchev–Trinajstić information content (AvgIpc) is 2.76. The van der Waals surface area contributed by atoms with Crippen LogP contribution in [0, 0.1) is 0 Å². The molecule has 0 unspecified atom stereocenters. The summed E-state index contributed by atoms with van der Waals surface area (Å²) in [6.07, 6.45) is 8.15. The largest absolute Gasteiger partial charge is 0.507 e. The van der Waals surface area contributed by atoms with E-state index in [1.807, 2.05) is 26.1 Å². The molecule has 0 atom stereocenters. The molecule has 7 heteroatoms. The Balaban J connectivity index is 1.78. The topological polar surface area (TPSA) is 110 Å². The summed E-state index contributed by atoms with van der Waals surface area (Å²) in [5.41, 5.74) is 15.1. The van der Waals surface area contributed by atoms with Crippen molar-refractivity contribution in [3.8, 4) is 16.9 Å². The smallest absolute Gasteiger partial charge is 0.251 e. The summed E-state index contributed by atoms with van der Waals surface area (Å²) in [4.78, 5) is 14.4. The number of aromatic hydroxyl groups is 1. The van der Waals surface area contributed by atoms with Gasteiger partial charge in [0.2, 0.25) is 0 Å². The van der Waals surface area contributed by atoms with Gasteiger partial charge in [-0.05, 0) is 88.4 Å². The normalized spacial score (nSPS) is 18.5. The Hall–Kier alpha value is -3.19. The molecule has 1 aliphatic rings. The van der Waals surface area contributed by atoms with E-state index in [1.165, 1.54) is 0 Å². The van der Waals surface area contributed by atoms with Crippen LogP contribution in [0.2, 0.25) is 0 Å². The van der Waals surface area contributed by atoms with Crippen molar-refractivity contribution < 1.29 is 5.11 Å². The Kier molecular flexibility index (Phi) is 7.70. The highest BCUT2D eigenvalue weighted by Gasteiger charge is 2.39. The van der Waals surface area contributed by atoms with Crippen LogP contribution >= 0.6 is 0 Å². The van der Waals surface area contributed by atoms with Gasteiger partial charge in [0, 0.05) is 54.2 Å². The summed E-state index contributed by atoms with van der Waals surface area (Å²) in [5.74, 6) is 0.673. The summed E-state index contributed by atoms with van der Waals surface area (Å²) in [7, 11) is 2.01. The lowest BCUT2D eigenvalue weighted by Crippen LogP contribution is -2.61. The minimum atomic E-state index is -0.0578. The van der Waals surface area contributed by atoms with Gasteiger partial charge in [0.15, 0.2) is 0 Å². The number of piperidine rings is 1. The van der Waals surface area contributed by atoms with Gasteiger partial charge in [-0.2, -0.15) is 0 Å². The first-order valence-corrected chi connectivity index (χ1v) is 12.3. The van der Waals surface area contributed by atoms with Crippen molar-refractivity contribution in [3.63, 3.8) is 0 Å². The number of nitrogens with one attached hydrogen (secondary N) is 1. The third kappa shape index (κ3) is 6.48. The van der Waals surface area contributed by atoms with Crippen LogP contribution in [0.1, 0.15) is 59.4 Å². The molecule has 0 saturated carbocycles. The molecule has 0 bridgehead atoms. The maximum atomic E-state index is 12.3. The van der Waals surface area contributed by atoms with Crippen molar-refractivity contribution in [2.24, 2.45) is 11.5 Å². The van der Waals surface area contributed by atoms with Gasteiger partial charge in [0.05, 0.1) is 5.82 Å². The standard InChI is InChI=1S/C28H41N5O2/c1-7-13-33-14-12-20(16-26(33)35)19-8-9-22(24(34)15-19)23(29)10-11-25(30)32(6)21-17-27(2,3)31-28(4,5)18-21/h8-12,14-16,21,31,34H,7,13,17-18,29-30H2,1-6H3/b23-10-,25-11+. The molecule has 1 aromatic heterocycles. The first-order valence-electron chi connectivity index (χ1n) is 12.3. The van der Waals surface area contributed by atoms with Crippen LogP contribution in [0.3, 0.4) is 0 Å². The van der Waals surface area contributed by atoms with Gasteiger partial charge in [-0.1, -0.05) is 13.0 Å². The molecule has 2 aromatic rings. The van der Waals surface area contributed by atoms with Crippen LogP contribution in [0.4, 0.5) is 0 Å².